The van der Waals surface area contributed by atoms with Crippen molar-refractivity contribution < 1.29 is 0 Å². The normalized spacial score (nSPS) is 11.4. The molecule has 0 bridgehead atoms. The predicted octanol–water partition coefficient (Wildman–Crippen LogP) is 5.01. The molecule has 4 nitrogen and oxygen atoms in total. The molecule has 0 radical (unpaired) electrons. The number of rotatable bonds is 3. The van der Waals surface area contributed by atoms with Gasteiger partial charge in [0.15, 0.2) is 0 Å². The van der Waals surface area contributed by atoms with Crippen LogP contribution >= 0.6 is 11.6 Å². The smallest absolute Gasteiger partial charge is 0.229 e. The summed E-state index contributed by atoms with van der Waals surface area (Å²) in [6, 6.07) is 5.94. The van der Waals surface area contributed by atoms with Gasteiger partial charge in [0.05, 0.1) is 10.7 Å². The molecular weight excluding hydrogens is 296 g/mol. The van der Waals surface area contributed by atoms with Crippen LogP contribution in [0.25, 0.3) is 0 Å². The maximum atomic E-state index is 6.34. The Hall–Kier alpha value is -1.81. The van der Waals surface area contributed by atoms with Crippen molar-refractivity contribution in [3.8, 4) is 0 Å². The van der Waals surface area contributed by atoms with Gasteiger partial charge >= 0.3 is 0 Å². The Morgan fingerprint density at radius 3 is 2.27 bits per heavy atom. The van der Waals surface area contributed by atoms with Crippen molar-refractivity contribution >= 4 is 29.1 Å². The lowest BCUT2D eigenvalue weighted by molar-refractivity contribution is 0.630. The fourth-order valence-electron chi connectivity index (χ4n) is 2.26. The highest BCUT2D eigenvalue weighted by atomic mass is 35.5. The van der Waals surface area contributed by atoms with Gasteiger partial charge in [-0.2, -0.15) is 4.98 Å². The Kier molecular flexibility index (Phi) is 4.61. The number of hydrogen-bond acceptors (Lipinski definition) is 4. The van der Waals surface area contributed by atoms with Crippen LogP contribution in [0.15, 0.2) is 18.2 Å². The SMILES string of the molecule is Cc1cc(C)c(Nc2nc(C)cc(NC(C)(C)C)n2)c(Cl)c1. The summed E-state index contributed by atoms with van der Waals surface area (Å²) in [6.07, 6.45) is 0. The number of halogens is 1. The van der Waals surface area contributed by atoms with Crippen molar-refractivity contribution in [2.75, 3.05) is 10.6 Å². The Bertz CT molecular complexity index is 667. The Morgan fingerprint density at radius 2 is 1.68 bits per heavy atom. The van der Waals surface area contributed by atoms with E-state index < -0.39 is 0 Å². The van der Waals surface area contributed by atoms with Crippen molar-refractivity contribution in [1.29, 1.82) is 0 Å². The summed E-state index contributed by atoms with van der Waals surface area (Å²) in [6.45, 7) is 12.3. The van der Waals surface area contributed by atoms with E-state index in [9.17, 15) is 0 Å². The number of nitrogens with one attached hydrogen (secondary N) is 2. The minimum Gasteiger partial charge on any atom is -0.365 e. The molecule has 0 saturated carbocycles. The molecule has 2 N–H and O–H groups in total. The molecule has 1 heterocycles. The van der Waals surface area contributed by atoms with Crippen LogP contribution in [0.4, 0.5) is 17.5 Å². The third-order valence-corrected chi connectivity index (χ3v) is 3.32. The number of anilines is 3. The molecule has 0 unspecified atom stereocenters. The summed E-state index contributed by atoms with van der Waals surface area (Å²) in [5.41, 5.74) is 3.88. The monoisotopic (exact) mass is 318 g/mol. The highest BCUT2D eigenvalue weighted by molar-refractivity contribution is 6.33. The Labute approximate surface area is 137 Å². The van der Waals surface area contributed by atoms with Crippen molar-refractivity contribution in [2.45, 2.75) is 47.1 Å². The van der Waals surface area contributed by atoms with Gasteiger partial charge in [-0.15, -0.1) is 0 Å². The average molecular weight is 319 g/mol. The van der Waals surface area contributed by atoms with Gasteiger partial charge < -0.3 is 10.6 Å². The first kappa shape index (κ1) is 16.6. The molecule has 0 fully saturated rings. The number of aromatic nitrogens is 2. The first-order valence-corrected chi connectivity index (χ1v) is 7.69. The van der Waals surface area contributed by atoms with Gasteiger partial charge in [-0.05, 0) is 58.7 Å². The molecule has 0 saturated heterocycles. The molecule has 1 aromatic heterocycles. The summed E-state index contributed by atoms with van der Waals surface area (Å²) in [5.74, 6) is 1.34. The van der Waals surface area contributed by atoms with E-state index in [0.29, 0.717) is 11.0 Å². The lowest BCUT2D eigenvalue weighted by Crippen LogP contribution is -2.27. The quantitative estimate of drug-likeness (QED) is 0.835. The average Bonchev–Trinajstić information content (AvgIpc) is 2.30. The molecule has 5 heteroatoms. The number of hydrogen-bond donors (Lipinski definition) is 2. The first-order chi connectivity index (χ1) is 10.1. The molecule has 0 aliphatic carbocycles. The van der Waals surface area contributed by atoms with E-state index in [-0.39, 0.29) is 5.54 Å². The Morgan fingerprint density at radius 1 is 1.00 bits per heavy atom. The summed E-state index contributed by atoms with van der Waals surface area (Å²) >= 11 is 6.34. The van der Waals surface area contributed by atoms with Gasteiger partial charge in [0.25, 0.3) is 0 Å². The molecule has 0 amide bonds. The van der Waals surface area contributed by atoms with Crippen molar-refractivity contribution in [3.63, 3.8) is 0 Å². The minimum atomic E-state index is -0.0600. The van der Waals surface area contributed by atoms with E-state index in [1.807, 2.05) is 32.9 Å². The molecule has 118 valence electrons. The number of nitrogens with zero attached hydrogens (tertiary/aromatic N) is 2. The standard InChI is InChI=1S/C17H23ClN4/c1-10-7-11(2)15(13(18)8-10)21-16-19-12(3)9-14(20-16)22-17(4,5)6/h7-9H,1-6H3,(H2,19,20,21,22). The molecule has 0 aliphatic heterocycles. The van der Waals surface area contributed by atoms with Crippen molar-refractivity contribution in [2.24, 2.45) is 0 Å². The zero-order chi connectivity index (χ0) is 16.5. The molecule has 1 aromatic carbocycles. The van der Waals surface area contributed by atoms with Gasteiger partial charge in [0, 0.05) is 17.3 Å². The second kappa shape index (κ2) is 6.13. The van der Waals surface area contributed by atoms with Gasteiger partial charge in [0.2, 0.25) is 5.95 Å². The molecule has 2 aromatic rings. The van der Waals surface area contributed by atoms with Crippen LogP contribution < -0.4 is 10.6 Å². The second-order valence-corrected chi connectivity index (χ2v) is 7.06. The van der Waals surface area contributed by atoms with E-state index in [4.69, 9.17) is 11.6 Å². The molecule has 22 heavy (non-hydrogen) atoms. The fraction of sp³-hybridized carbons (Fsp3) is 0.412. The van der Waals surface area contributed by atoms with E-state index in [0.717, 1.165) is 28.3 Å². The van der Waals surface area contributed by atoms with Crippen LogP contribution in [0.3, 0.4) is 0 Å². The zero-order valence-electron chi connectivity index (χ0n) is 14.0. The van der Waals surface area contributed by atoms with E-state index in [2.05, 4.69) is 47.4 Å². The summed E-state index contributed by atoms with van der Waals surface area (Å²) in [7, 11) is 0. The third-order valence-electron chi connectivity index (χ3n) is 3.03. The van der Waals surface area contributed by atoms with Crippen LogP contribution in [-0.4, -0.2) is 15.5 Å². The lowest BCUT2D eigenvalue weighted by atomic mass is 10.1. The molecule has 0 aliphatic rings. The summed E-state index contributed by atoms with van der Waals surface area (Å²) in [5, 5.41) is 7.28. The van der Waals surface area contributed by atoms with Crippen molar-refractivity contribution in [1.82, 2.24) is 9.97 Å². The van der Waals surface area contributed by atoms with Crippen LogP contribution in [0.2, 0.25) is 5.02 Å². The van der Waals surface area contributed by atoms with Gasteiger partial charge in [-0.3, -0.25) is 0 Å². The summed E-state index contributed by atoms with van der Waals surface area (Å²) in [4.78, 5) is 8.97. The van der Waals surface area contributed by atoms with Crippen LogP contribution in [0.1, 0.15) is 37.6 Å². The largest absolute Gasteiger partial charge is 0.365 e. The van der Waals surface area contributed by atoms with E-state index >= 15 is 0 Å². The van der Waals surface area contributed by atoms with Crippen molar-refractivity contribution in [3.05, 3.63) is 40.0 Å². The van der Waals surface area contributed by atoms with Crippen LogP contribution in [0.5, 0.6) is 0 Å². The maximum Gasteiger partial charge on any atom is 0.229 e. The minimum absolute atomic E-state index is 0.0600. The molecule has 2 rings (SSSR count). The topological polar surface area (TPSA) is 49.8 Å². The lowest BCUT2D eigenvalue weighted by Gasteiger charge is -2.22. The van der Waals surface area contributed by atoms with Gasteiger partial charge in [-0.1, -0.05) is 17.7 Å². The highest BCUT2D eigenvalue weighted by Crippen LogP contribution is 2.29. The van der Waals surface area contributed by atoms with Crippen LogP contribution in [0, 0.1) is 20.8 Å². The maximum absolute atomic E-state index is 6.34. The van der Waals surface area contributed by atoms with E-state index in [1.54, 1.807) is 0 Å². The fourth-order valence-corrected chi connectivity index (χ4v) is 2.63. The number of aryl methyl sites for hydroxylation is 3. The highest BCUT2D eigenvalue weighted by Gasteiger charge is 2.13. The second-order valence-electron chi connectivity index (χ2n) is 6.66. The third kappa shape index (κ3) is 4.34. The van der Waals surface area contributed by atoms with Gasteiger partial charge in [0.1, 0.15) is 5.82 Å². The van der Waals surface area contributed by atoms with Gasteiger partial charge in [-0.25, -0.2) is 4.98 Å². The van der Waals surface area contributed by atoms with E-state index in [1.165, 1.54) is 0 Å². The predicted molar refractivity (Wildman–Crippen MR) is 94.4 cm³/mol. The first-order valence-electron chi connectivity index (χ1n) is 7.32. The zero-order valence-corrected chi connectivity index (χ0v) is 14.8. The molecule has 0 atom stereocenters. The number of benzene rings is 1. The summed E-state index contributed by atoms with van der Waals surface area (Å²) < 4.78 is 0. The van der Waals surface area contributed by atoms with Crippen LogP contribution in [-0.2, 0) is 0 Å². The Balaban J connectivity index is 2.34. The molecule has 0 spiro atoms. The molecular formula is C17H23ClN4.